The highest BCUT2D eigenvalue weighted by Crippen LogP contribution is 2.34. The Bertz CT molecular complexity index is 916. The number of hydrogen-bond donors (Lipinski definition) is 1. The SMILES string of the molecule is COc1cc(C=NNC(=O)c2cncc(N3CCC(F)(F)C(C)C3)n2)cc(OC)c1. The molecule has 8 nitrogen and oxygen atoms in total. The number of benzene rings is 1. The Kier molecular flexibility index (Phi) is 6.43. The van der Waals surface area contributed by atoms with Gasteiger partial charge in [0.25, 0.3) is 11.8 Å². The fourth-order valence-corrected chi connectivity index (χ4v) is 3.04. The molecule has 2 aromatic rings. The minimum atomic E-state index is -2.70. The molecule has 0 saturated carbocycles. The monoisotopic (exact) mass is 419 g/mol. The quantitative estimate of drug-likeness (QED) is 0.572. The molecule has 30 heavy (non-hydrogen) atoms. The summed E-state index contributed by atoms with van der Waals surface area (Å²) in [6.07, 6.45) is 3.93. The number of carbonyl (C=O) groups excluding carboxylic acids is 1. The lowest BCUT2D eigenvalue weighted by Crippen LogP contribution is -2.46. The fourth-order valence-electron chi connectivity index (χ4n) is 3.04. The van der Waals surface area contributed by atoms with E-state index in [9.17, 15) is 13.6 Å². The summed E-state index contributed by atoms with van der Waals surface area (Å²) in [6.45, 7) is 1.79. The Morgan fingerprint density at radius 3 is 2.60 bits per heavy atom. The van der Waals surface area contributed by atoms with Crippen LogP contribution in [0.1, 0.15) is 29.4 Å². The van der Waals surface area contributed by atoms with Crippen LogP contribution in [0.4, 0.5) is 14.6 Å². The smallest absolute Gasteiger partial charge is 0.291 e. The molecule has 2 heterocycles. The summed E-state index contributed by atoms with van der Waals surface area (Å²) in [5, 5.41) is 3.93. The summed E-state index contributed by atoms with van der Waals surface area (Å²) in [4.78, 5) is 22.3. The van der Waals surface area contributed by atoms with Crippen molar-refractivity contribution in [2.24, 2.45) is 11.0 Å². The van der Waals surface area contributed by atoms with E-state index in [0.717, 1.165) is 0 Å². The third kappa shape index (κ3) is 5.00. The number of halogens is 2. The van der Waals surface area contributed by atoms with Gasteiger partial charge in [-0.15, -0.1) is 0 Å². The van der Waals surface area contributed by atoms with Gasteiger partial charge in [-0.3, -0.25) is 9.78 Å². The Hall–Kier alpha value is -3.30. The number of nitrogens with zero attached hydrogens (tertiary/aromatic N) is 4. The number of methoxy groups -OCH3 is 2. The third-order valence-electron chi connectivity index (χ3n) is 4.86. The van der Waals surface area contributed by atoms with Crippen molar-refractivity contribution in [3.63, 3.8) is 0 Å². The van der Waals surface area contributed by atoms with Gasteiger partial charge in [0.05, 0.1) is 32.8 Å². The lowest BCUT2D eigenvalue weighted by molar-refractivity contribution is -0.0652. The van der Waals surface area contributed by atoms with Gasteiger partial charge in [0.2, 0.25) is 0 Å². The molecule has 1 atom stereocenters. The molecule has 1 fully saturated rings. The van der Waals surface area contributed by atoms with Crippen LogP contribution in [-0.4, -0.2) is 55.3 Å². The Labute approximate surface area is 172 Å². The van der Waals surface area contributed by atoms with Crippen molar-refractivity contribution in [3.05, 3.63) is 41.9 Å². The molecule has 0 bridgehead atoms. The van der Waals surface area contributed by atoms with E-state index in [0.29, 0.717) is 22.9 Å². The van der Waals surface area contributed by atoms with E-state index in [4.69, 9.17) is 9.47 Å². The van der Waals surface area contributed by atoms with Gasteiger partial charge in [0.15, 0.2) is 5.69 Å². The second-order valence-electron chi connectivity index (χ2n) is 6.97. The molecule has 0 radical (unpaired) electrons. The van der Waals surface area contributed by atoms with Gasteiger partial charge in [-0.05, 0) is 12.1 Å². The first kappa shape index (κ1) is 21.4. The van der Waals surface area contributed by atoms with Crippen molar-refractivity contribution < 1.29 is 23.0 Å². The minimum Gasteiger partial charge on any atom is -0.497 e. The molecule has 0 aliphatic carbocycles. The van der Waals surface area contributed by atoms with E-state index in [1.165, 1.54) is 39.8 Å². The number of aromatic nitrogens is 2. The van der Waals surface area contributed by atoms with Crippen LogP contribution >= 0.6 is 0 Å². The Morgan fingerprint density at radius 2 is 1.97 bits per heavy atom. The topological polar surface area (TPSA) is 88.9 Å². The van der Waals surface area contributed by atoms with Gasteiger partial charge in [0, 0.05) is 37.1 Å². The average Bonchev–Trinajstić information content (AvgIpc) is 2.75. The normalized spacial score (nSPS) is 18.3. The molecule has 1 aromatic carbocycles. The predicted octanol–water partition coefficient (Wildman–Crippen LogP) is 2.74. The highest BCUT2D eigenvalue weighted by Gasteiger charge is 2.41. The molecule has 1 unspecified atom stereocenters. The highest BCUT2D eigenvalue weighted by molar-refractivity contribution is 5.93. The largest absolute Gasteiger partial charge is 0.497 e. The maximum atomic E-state index is 13.7. The summed E-state index contributed by atoms with van der Waals surface area (Å²) in [5.74, 6) is -2.52. The maximum Gasteiger partial charge on any atom is 0.291 e. The molecule has 0 spiro atoms. The van der Waals surface area contributed by atoms with Gasteiger partial charge >= 0.3 is 0 Å². The maximum absolute atomic E-state index is 13.7. The molecule has 1 saturated heterocycles. The van der Waals surface area contributed by atoms with Crippen LogP contribution in [0, 0.1) is 5.92 Å². The fraction of sp³-hybridized carbons (Fsp3) is 0.400. The molecule has 160 valence electrons. The van der Waals surface area contributed by atoms with Gasteiger partial charge in [0.1, 0.15) is 17.3 Å². The molecular weight excluding hydrogens is 396 g/mol. The predicted molar refractivity (Wildman–Crippen MR) is 108 cm³/mol. The van der Waals surface area contributed by atoms with Gasteiger partial charge in [-0.25, -0.2) is 19.2 Å². The molecule has 1 N–H and O–H groups in total. The number of anilines is 1. The van der Waals surface area contributed by atoms with Gasteiger partial charge < -0.3 is 14.4 Å². The van der Waals surface area contributed by atoms with Crippen molar-refractivity contribution in [2.45, 2.75) is 19.3 Å². The van der Waals surface area contributed by atoms with Gasteiger partial charge in [-0.1, -0.05) is 6.92 Å². The molecule has 1 aromatic heterocycles. The second kappa shape index (κ2) is 9.02. The zero-order chi connectivity index (χ0) is 21.7. The Balaban J connectivity index is 1.67. The second-order valence-corrected chi connectivity index (χ2v) is 6.97. The van der Waals surface area contributed by atoms with Crippen LogP contribution in [0.25, 0.3) is 0 Å². The summed E-state index contributed by atoms with van der Waals surface area (Å²) >= 11 is 0. The van der Waals surface area contributed by atoms with Crippen molar-refractivity contribution in [3.8, 4) is 11.5 Å². The van der Waals surface area contributed by atoms with Crippen LogP contribution in [0.15, 0.2) is 35.7 Å². The number of hydrogen-bond acceptors (Lipinski definition) is 7. The zero-order valence-electron chi connectivity index (χ0n) is 16.9. The lowest BCUT2D eigenvalue weighted by Gasteiger charge is -2.37. The highest BCUT2D eigenvalue weighted by atomic mass is 19.3. The molecule has 10 heteroatoms. The third-order valence-corrected chi connectivity index (χ3v) is 4.86. The van der Waals surface area contributed by atoms with Crippen molar-refractivity contribution in [1.82, 2.24) is 15.4 Å². The van der Waals surface area contributed by atoms with E-state index >= 15 is 0 Å². The van der Waals surface area contributed by atoms with Crippen LogP contribution in [0.2, 0.25) is 0 Å². The van der Waals surface area contributed by atoms with Crippen LogP contribution < -0.4 is 19.8 Å². The van der Waals surface area contributed by atoms with E-state index < -0.39 is 17.7 Å². The van der Waals surface area contributed by atoms with Crippen LogP contribution in [0.5, 0.6) is 11.5 Å². The first-order valence-electron chi connectivity index (χ1n) is 9.33. The van der Waals surface area contributed by atoms with Crippen LogP contribution in [-0.2, 0) is 0 Å². The average molecular weight is 419 g/mol. The van der Waals surface area contributed by atoms with Crippen molar-refractivity contribution in [2.75, 3.05) is 32.2 Å². The van der Waals surface area contributed by atoms with Crippen molar-refractivity contribution in [1.29, 1.82) is 0 Å². The number of rotatable bonds is 6. The zero-order valence-corrected chi connectivity index (χ0v) is 16.9. The number of nitrogens with one attached hydrogen (secondary N) is 1. The van der Waals surface area contributed by atoms with Gasteiger partial charge in [-0.2, -0.15) is 5.10 Å². The minimum absolute atomic E-state index is 0.0397. The molecule has 1 aliphatic rings. The van der Waals surface area contributed by atoms with Crippen molar-refractivity contribution >= 4 is 17.9 Å². The summed E-state index contributed by atoms with van der Waals surface area (Å²) in [5.41, 5.74) is 3.08. The molecule has 1 aliphatic heterocycles. The first-order chi connectivity index (χ1) is 14.3. The number of ether oxygens (including phenoxy) is 2. The molecular formula is C20H23F2N5O3. The van der Waals surface area contributed by atoms with E-state index in [1.54, 1.807) is 23.1 Å². The van der Waals surface area contributed by atoms with Crippen LogP contribution in [0.3, 0.4) is 0 Å². The van der Waals surface area contributed by atoms with E-state index in [1.807, 2.05) is 0 Å². The number of alkyl halides is 2. The number of carbonyl (C=O) groups is 1. The summed E-state index contributed by atoms with van der Waals surface area (Å²) in [6, 6.07) is 5.17. The number of hydrazone groups is 1. The number of amides is 1. The number of piperidine rings is 1. The van der Waals surface area contributed by atoms with E-state index in [2.05, 4.69) is 20.5 Å². The molecule has 1 amide bonds. The summed E-state index contributed by atoms with van der Waals surface area (Å²) < 4.78 is 37.8. The van der Waals surface area contributed by atoms with E-state index in [-0.39, 0.29) is 25.2 Å². The Morgan fingerprint density at radius 1 is 1.27 bits per heavy atom. The summed E-state index contributed by atoms with van der Waals surface area (Å²) in [7, 11) is 3.07. The molecule has 3 rings (SSSR count). The standard InChI is InChI=1S/C20H23F2N5O3/c1-13-12-27(5-4-20(13,21)22)18-11-23-10-17(25-18)19(28)26-24-9-14-6-15(29-2)8-16(7-14)30-3/h6-11,13H,4-5,12H2,1-3H3,(H,26,28). The first-order valence-corrected chi connectivity index (χ1v) is 9.33. The lowest BCUT2D eigenvalue weighted by atomic mass is 9.95.